The summed E-state index contributed by atoms with van der Waals surface area (Å²) in [6.45, 7) is 8.53. The first-order valence-corrected chi connectivity index (χ1v) is 19.8. The van der Waals surface area contributed by atoms with E-state index >= 15 is 0 Å². The second-order valence-electron chi connectivity index (χ2n) is 14.7. The molecule has 17 heteroatoms. The fourth-order valence-corrected chi connectivity index (χ4v) is 5.54. The van der Waals surface area contributed by atoms with E-state index in [1.54, 1.807) is 20.8 Å². The van der Waals surface area contributed by atoms with Crippen molar-refractivity contribution in [1.82, 2.24) is 10.6 Å². The number of nitrogens with two attached hydrogens (primary N) is 1. The number of esters is 1. The van der Waals surface area contributed by atoms with Gasteiger partial charge in [-0.3, -0.25) is 14.4 Å². The Bertz CT molecular complexity index is 1300. The number of carbonyl (C=O) groups is 5. The van der Waals surface area contributed by atoms with Crippen molar-refractivity contribution in [2.45, 2.75) is 167 Å². The molecule has 0 saturated carbocycles. The summed E-state index contributed by atoms with van der Waals surface area (Å²) in [7, 11) is 0. The lowest BCUT2D eigenvalue weighted by molar-refractivity contribution is -0.192. The molecule has 8 N–H and O–H groups in total. The number of alkyl halides is 3. The molecule has 7 atom stereocenters. The lowest BCUT2D eigenvalue weighted by atomic mass is 9.91. The van der Waals surface area contributed by atoms with E-state index in [-0.39, 0.29) is 19.1 Å². The number of ether oxygens (including phenoxy) is 2. The number of aliphatic hydroxyl groups excluding tert-OH is 2. The van der Waals surface area contributed by atoms with Crippen LogP contribution in [-0.4, -0.2) is 99.4 Å². The van der Waals surface area contributed by atoms with Gasteiger partial charge in [-0.2, -0.15) is 13.2 Å². The van der Waals surface area contributed by atoms with Crippen molar-refractivity contribution in [3.05, 3.63) is 35.9 Å². The van der Waals surface area contributed by atoms with Crippen LogP contribution in [-0.2, 0) is 40.1 Å². The summed E-state index contributed by atoms with van der Waals surface area (Å²) in [5.74, 6) is -7.17. The third-order valence-corrected chi connectivity index (χ3v) is 9.26. The molecular weight excluding hydrogens is 755 g/mol. The predicted molar refractivity (Wildman–Crippen MR) is 207 cm³/mol. The largest absolute Gasteiger partial charge is 0.490 e. The van der Waals surface area contributed by atoms with E-state index in [0.29, 0.717) is 12.8 Å². The highest BCUT2D eigenvalue weighted by molar-refractivity contribution is 5.92. The van der Waals surface area contributed by atoms with Gasteiger partial charge in [0, 0.05) is 5.92 Å². The van der Waals surface area contributed by atoms with Crippen LogP contribution in [0.25, 0.3) is 0 Å². The molecule has 0 fully saturated rings. The first-order chi connectivity index (χ1) is 26.7. The van der Waals surface area contributed by atoms with Crippen LogP contribution in [0.5, 0.6) is 0 Å². The van der Waals surface area contributed by atoms with E-state index in [9.17, 15) is 47.7 Å². The lowest BCUT2D eigenvalue weighted by Crippen LogP contribution is -2.59. The standard InChI is InChI=1S/C38H65N3O9.C2HF3O2/c1-6-7-8-9-10-11-12-13-14-15-19-22-32(27(4)31(43)23-33(44)45)50-38(48)30(25-49-24-29-20-17-16-18-21-29)40-37(47)35(28(5)42)41-36(46)34(39)26(2)3;3-2(4,5)1(6)7/h16-18,20-21,26-28,30-32,34-35,42-43H,6-15,19,22-25,39H2,1-5H3,(H,40,47)(H,41,46)(H,44,45);(H,6,7)/t27-,28-,30+,31+,32-,34+,35+;/m1./s1. The minimum Gasteiger partial charge on any atom is -0.481 e. The monoisotopic (exact) mass is 821 g/mol. The molecule has 0 unspecified atom stereocenters. The molecule has 2 amide bonds. The summed E-state index contributed by atoms with van der Waals surface area (Å²) in [6, 6.07) is 5.55. The third-order valence-electron chi connectivity index (χ3n) is 9.26. The van der Waals surface area contributed by atoms with Crippen molar-refractivity contribution >= 4 is 29.7 Å². The van der Waals surface area contributed by atoms with Gasteiger partial charge in [-0.25, -0.2) is 9.59 Å². The van der Waals surface area contributed by atoms with Crippen molar-refractivity contribution in [1.29, 1.82) is 0 Å². The van der Waals surface area contributed by atoms with Crippen molar-refractivity contribution in [2.24, 2.45) is 17.6 Å². The molecule has 1 aromatic carbocycles. The maximum absolute atomic E-state index is 13.7. The Hall–Kier alpha value is -3.80. The molecule has 0 aliphatic carbocycles. The van der Waals surface area contributed by atoms with Gasteiger partial charge in [0.25, 0.3) is 0 Å². The summed E-state index contributed by atoms with van der Waals surface area (Å²) >= 11 is 0. The molecule has 57 heavy (non-hydrogen) atoms. The maximum Gasteiger partial charge on any atom is 0.490 e. The van der Waals surface area contributed by atoms with Gasteiger partial charge in [0.2, 0.25) is 11.8 Å². The van der Waals surface area contributed by atoms with Crippen molar-refractivity contribution in [2.75, 3.05) is 6.61 Å². The molecule has 1 aromatic rings. The fraction of sp³-hybridized carbons (Fsp3) is 0.725. The Morgan fingerprint density at radius 3 is 1.75 bits per heavy atom. The van der Waals surface area contributed by atoms with E-state index in [1.165, 1.54) is 51.9 Å². The topological polar surface area (TPSA) is 235 Å². The van der Waals surface area contributed by atoms with E-state index in [1.807, 2.05) is 30.3 Å². The number of nitrogens with one attached hydrogen (secondary N) is 2. The number of carboxylic acid groups (broad SMARTS) is 2. The van der Waals surface area contributed by atoms with Gasteiger partial charge in [-0.1, -0.05) is 122 Å². The molecule has 0 aliphatic rings. The van der Waals surface area contributed by atoms with E-state index in [4.69, 9.17) is 25.1 Å². The highest BCUT2D eigenvalue weighted by atomic mass is 19.4. The Balaban J connectivity index is 0.00000407. The summed E-state index contributed by atoms with van der Waals surface area (Å²) in [5, 5.41) is 42.5. The normalized spacial score (nSPS) is 15.2. The van der Waals surface area contributed by atoms with Gasteiger partial charge >= 0.3 is 24.1 Å². The van der Waals surface area contributed by atoms with E-state index in [2.05, 4.69) is 17.6 Å². The maximum atomic E-state index is 13.7. The van der Waals surface area contributed by atoms with Gasteiger partial charge in [0.1, 0.15) is 12.1 Å². The highest BCUT2D eigenvalue weighted by Gasteiger charge is 2.38. The highest BCUT2D eigenvalue weighted by Crippen LogP contribution is 2.23. The van der Waals surface area contributed by atoms with Gasteiger partial charge in [-0.15, -0.1) is 0 Å². The second-order valence-corrected chi connectivity index (χ2v) is 14.7. The Kier molecular flexibility index (Phi) is 27.5. The zero-order chi connectivity index (χ0) is 43.6. The molecule has 0 radical (unpaired) electrons. The molecule has 1 rings (SSSR count). The number of carbonyl (C=O) groups excluding carboxylic acids is 3. The first kappa shape index (κ1) is 53.2. The lowest BCUT2D eigenvalue weighted by Gasteiger charge is -2.30. The summed E-state index contributed by atoms with van der Waals surface area (Å²) in [5.41, 5.74) is 6.78. The molecule has 0 bridgehead atoms. The van der Waals surface area contributed by atoms with E-state index < -0.39 is 84.7 Å². The van der Waals surface area contributed by atoms with Crippen LogP contribution in [0.4, 0.5) is 13.2 Å². The van der Waals surface area contributed by atoms with Gasteiger partial charge in [0.15, 0.2) is 6.04 Å². The zero-order valence-electron chi connectivity index (χ0n) is 34.0. The van der Waals surface area contributed by atoms with Gasteiger partial charge in [0.05, 0.1) is 37.9 Å². The van der Waals surface area contributed by atoms with Crippen molar-refractivity contribution in [3.63, 3.8) is 0 Å². The zero-order valence-corrected chi connectivity index (χ0v) is 34.0. The SMILES string of the molecule is CCCCCCCCCCCCC[C@@H](OC(=O)[C@H](COCc1ccccc1)NC(=O)[C@@H](NC(=O)[C@@H](N)C(C)C)[C@@H](C)O)[C@H](C)[C@@H](O)CC(=O)O.O=C(O)C(F)(F)F. The minimum atomic E-state index is -5.08. The molecule has 0 aromatic heterocycles. The van der Waals surface area contributed by atoms with Crippen LogP contribution >= 0.6 is 0 Å². The number of hydrogen-bond donors (Lipinski definition) is 7. The van der Waals surface area contributed by atoms with Crippen LogP contribution in [0.2, 0.25) is 0 Å². The Labute approximate surface area is 334 Å². The average Bonchev–Trinajstić information content (AvgIpc) is 3.13. The van der Waals surface area contributed by atoms with Crippen LogP contribution in [0, 0.1) is 11.8 Å². The van der Waals surface area contributed by atoms with Crippen LogP contribution in [0.15, 0.2) is 30.3 Å². The quantitative estimate of drug-likeness (QED) is 0.0424. The van der Waals surface area contributed by atoms with Gasteiger partial charge < -0.3 is 46.3 Å². The number of rotatable bonds is 28. The molecular formula is C40H66F3N3O11. The van der Waals surface area contributed by atoms with Crippen LogP contribution in [0.3, 0.4) is 0 Å². The number of amides is 2. The average molecular weight is 822 g/mol. The number of hydrogen-bond acceptors (Lipinski definition) is 10. The Morgan fingerprint density at radius 1 is 0.789 bits per heavy atom. The van der Waals surface area contributed by atoms with Crippen molar-refractivity contribution in [3.8, 4) is 0 Å². The third kappa shape index (κ3) is 24.6. The molecule has 328 valence electrons. The number of benzene rings is 1. The number of unbranched alkanes of at least 4 members (excludes halogenated alkanes) is 10. The number of aliphatic hydroxyl groups is 2. The minimum absolute atomic E-state index is 0.135. The molecule has 14 nitrogen and oxygen atoms in total. The number of aliphatic carboxylic acids is 2. The molecule has 0 heterocycles. The summed E-state index contributed by atoms with van der Waals surface area (Å²) < 4.78 is 43.4. The summed E-state index contributed by atoms with van der Waals surface area (Å²) in [4.78, 5) is 60.0. The first-order valence-electron chi connectivity index (χ1n) is 19.8. The van der Waals surface area contributed by atoms with Crippen LogP contribution < -0.4 is 16.4 Å². The second kappa shape index (κ2) is 29.4. The fourth-order valence-electron chi connectivity index (χ4n) is 5.54. The smallest absolute Gasteiger partial charge is 0.481 e. The number of halogens is 3. The molecule has 0 saturated heterocycles. The summed E-state index contributed by atoms with van der Waals surface area (Å²) in [6.07, 6.45) is 3.80. The predicted octanol–water partition coefficient (Wildman–Crippen LogP) is 5.25. The molecule has 0 aliphatic heterocycles. The number of carboxylic acids is 2. The Morgan fingerprint density at radius 2 is 1.30 bits per heavy atom. The van der Waals surface area contributed by atoms with Crippen LogP contribution in [0.1, 0.15) is 124 Å². The van der Waals surface area contributed by atoms with E-state index in [0.717, 1.165) is 24.8 Å². The van der Waals surface area contributed by atoms with Gasteiger partial charge in [-0.05, 0) is 31.2 Å². The molecule has 0 spiro atoms. The van der Waals surface area contributed by atoms with Crippen molar-refractivity contribution < 1.29 is 67.0 Å².